The predicted molar refractivity (Wildman–Crippen MR) is 63.9 cm³/mol. The third kappa shape index (κ3) is 1.89. The van der Waals surface area contributed by atoms with Crippen LogP contribution >= 0.6 is 11.6 Å². The highest BCUT2D eigenvalue weighted by Gasteiger charge is 2.12. The van der Waals surface area contributed by atoms with E-state index >= 15 is 0 Å². The molecule has 2 aromatic carbocycles. The molecule has 0 aromatic heterocycles. The van der Waals surface area contributed by atoms with Gasteiger partial charge in [0.2, 0.25) is 0 Å². The van der Waals surface area contributed by atoms with E-state index in [0.29, 0.717) is 0 Å². The molecule has 1 N–H and O–H groups in total. The Bertz CT molecular complexity index is 499. The van der Waals surface area contributed by atoms with Gasteiger partial charge in [0.25, 0.3) is 0 Å². The number of hydrogen-bond donors (Lipinski definition) is 1. The van der Waals surface area contributed by atoms with E-state index in [4.69, 9.17) is 11.6 Å². The summed E-state index contributed by atoms with van der Waals surface area (Å²) < 4.78 is 0. The molecule has 0 saturated carbocycles. The van der Waals surface area contributed by atoms with E-state index in [2.05, 4.69) is 6.58 Å². The van der Waals surface area contributed by atoms with Gasteiger partial charge in [-0.15, -0.1) is 0 Å². The first-order chi connectivity index (χ1) is 7.20. The Balaban J connectivity index is 2.65. The van der Waals surface area contributed by atoms with Crippen LogP contribution in [-0.2, 0) is 0 Å². The number of aliphatic hydroxyl groups excluding tert-OH is 1. The van der Waals surface area contributed by atoms with Crippen LogP contribution in [0.15, 0.2) is 54.1 Å². The number of hydrogen-bond acceptors (Lipinski definition) is 1. The van der Waals surface area contributed by atoms with Crippen LogP contribution in [-0.4, -0.2) is 5.11 Å². The summed E-state index contributed by atoms with van der Waals surface area (Å²) in [6.07, 6.45) is -0.808. The molecular formula is C13H11ClO. The van der Waals surface area contributed by atoms with Gasteiger partial charge in [-0.05, 0) is 16.3 Å². The van der Waals surface area contributed by atoms with Crippen molar-refractivity contribution in [2.45, 2.75) is 6.10 Å². The van der Waals surface area contributed by atoms with Gasteiger partial charge in [-0.3, -0.25) is 0 Å². The molecule has 1 nitrogen and oxygen atoms in total. The maximum absolute atomic E-state index is 9.86. The second-order valence-electron chi connectivity index (χ2n) is 3.42. The van der Waals surface area contributed by atoms with Crippen molar-refractivity contribution in [1.82, 2.24) is 0 Å². The van der Waals surface area contributed by atoms with Gasteiger partial charge in [0.05, 0.1) is 0 Å². The Morgan fingerprint density at radius 2 is 1.80 bits per heavy atom. The van der Waals surface area contributed by atoms with Crippen molar-refractivity contribution in [3.63, 3.8) is 0 Å². The molecule has 2 heteroatoms. The van der Waals surface area contributed by atoms with E-state index in [1.54, 1.807) is 0 Å². The van der Waals surface area contributed by atoms with Crippen molar-refractivity contribution in [3.8, 4) is 0 Å². The maximum Gasteiger partial charge on any atom is 0.115 e. The average molecular weight is 219 g/mol. The molecule has 0 spiro atoms. The zero-order valence-corrected chi connectivity index (χ0v) is 8.91. The normalized spacial score (nSPS) is 12.7. The number of benzene rings is 2. The molecular weight excluding hydrogens is 208 g/mol. The zero-order valence-electron chi connectivity index (χ0n) is 8.15. The molecule has 0 heterocycles. The molecule has 15 heavy (non-hydrogen) atoms. The van der Waals surface area contributed by atoms with Crippen LogP contribution in [0, 0.1) is 0 Å². The smallest absolute Gasteiger partial charge is 0.115 e. The minimum absolute atomic E-state index is 0.242. The van der Waals surface area contributed by atoms with Crippen molar-refractivity contribution in [1.29, 1.82) is 0 Å². The molecule has 0 aliphatic carbocycles. The Morgan fingerprint density at radius 1 is 1.13 bits per heavy atom. The lowest BCUT2D eigenvalue weighted by Gasteiger charge is -2.11. The molecule has 0 saturated heterocycles. The standard InChI is InChI=1S/C13H11ClO/c1-9(14)13(15)12-8-4-6-10-5-2-3-7-11(10)12/h2-8,13,15H,1H2. The summed E-state index contributed by atoms with van der Waals surface area (Å²) in [5, 5.41) is 12.2. The minimum Gasteiger partial charge on any atom is -0.383 e. The summed E-state index contributed by atoms with van der Waals surface area (Å²) in [4.78, 5) is 0. The molecule has 2 aromatic rings. The third-order valence-electron chi connectivity index (χ3n) is 2.41. The Hall–Kier alpha value is -1.31. The van der Waals surface area contributed by atoms with Crippen LogP contribution < -0.4 is 0 Å². The maximum atomic E-state index is 9.86. The predicted octanol–water partition coefficient (Wildman–Crippen LogP) is 3.63. The van der Waals surface area contributed by atoms with E-state index in [0.717, 1.165) is 16.3 Å². The molecule has 0 aliphatic heterocycles. The SMILES string of the molecule is C=C(Cl)C(O)c1cccc2ccccc12. The molecule has 0 bridgehead atoms. The van der Waals surface area contributed by atoms with Crippen molar-refractivity contribution in [2.75, 3.05) is 0 Å². The number of rotatable bonds is 2. The summed E-state index contributed by atoms with van der Waals surface area (Å²) in [6.45, 7) is 3.55. The molecule has 0 fully saturated rings. The third-order valence-corrected chi connectivity index (χ3v) is 2.62. The largest absolute Gasteiger partial charge is 0.383 e. The van der Waals surface area contributed by atoms with E-state index in [-0.39, 0.29) is 5.03 Å². The zero-order chi connectivity index (χ0) is 10.8. The van der Waals surface area contributed by atoms with E-state index in [1.165, 1.54) is 0 Å². The molecule has 0 radical (unpaired) electrons. The van der Waals surface area contributed by atoms with Crippen molar-refractivity contribution >= 4 is 22.4 Å². The number of fused-ring (bicyclic) bond motifs is 1. The van der Waals surface area contributed by atoms with E-state index in [1.807, 2.05) is 42.5 Å². The lowest BCUT2D eigenvalue weighted by Crippen LogP contribution is -1.97. The molecule has 76 valence electrons. The van der Waals surface area contributed by atoms with Gasteiger partial charge in [0, 0.05) is 5.03 Å². The number of halogens is 1. The Kier molecular flexibility index (Phi) is 2.76. The molecule has 0 aliphatic rings. The summed E-state index contributed by atoms with van der Waals surface area (Å²) in [5.41, 5.74) is 0.799. The summed E-state index contributed by atoms with van der Waals surface area (Å²) in [7, 11) is 0. The van der Waals surface area contributed by atoms with Crippen molar-refractivity contribution in [2.24, 2.45) is 0 Å². The highest BCUT2D eigenvalue weighted by molar-refractivity contribution is 6.29. The van der Waals surface area contributed by atoms with Crippen LogP contribution in [0.2, 0.25) is 0 Å². The van der Waals surface area contributed by atoms with Crippen molar-refractivity contribution < 1.29 is 5.11 Å². The van der Waals surface area contributed by atoms with Crippen molar-refractivity contribution in [3.05, 3.63) is 59.6 Å². The average Bonchev–Trinajstić information content (AvgIpc) is 2.27. The minimum atomic E-state index is -0.808. The van der Waals surface area contributed by atoms with Gasteiger partial charge < -0.3 is 5.11 Å². The first-order valence-corrected chi connectivity index (χ1v) is 5.08. The summed E-state index contributed by atoms with van der Waals surface area (Å²) in [5.74, 6) is 0. The highest BCUT2D eigenvalue weighted by Crippen LogP contribution is 2.29. The molecule has 0 amide bonds. The van der Waals surface area contributed by atoms with Gasteiger partial charge in [-0.1, -0.05) is 60.6 Å². The van der Waals surface area contributed by atoms with Gasteiger partial charge in [-0.2, -0.15) is 0 Å². The molecule has 2 rings (SSSR count). The molecule has 1 atom stereocenters. The number of aliphatic hydroxyl groups is 1. The van der Waals surface area contributed by atoms with Gasteiger partial charge >= 0.3 is 0 Å². The van der Waals surface area contributed by atoms with Gasteiger partial charge in [0.15, 0.2) is 0 Å². The lowest BCUT2D eigenvalue weighted by atomic mass is 10.0. The summed E-state index contributed by atoms with van der Waals surface area (Å²) in [6, 6.07) is 13.6. The fraction of sp³-hybridized carbons (Fsp3) is 0.0769. The van der Waals surface area contributed by atoms with E-state index in [9.17, 15) is 5.11 Å². The van der Waals surface area contributed by atoms with Crippen LogP contribution in [0.1, 0.15) is 11.7 Å². The quantitative estimate of drug-likeness (QED) is 0.816. The second-order valence-corrected chi connectivity index (χ2v) is 3.90. The fourth-order valence-electron chi connectivity index (χ4n) is 1.66. The first kappa shape index (κ1) is 10.2. The fourth-order valence-corrected chi connectivity index (χ4v) is 1.78. The van der Waals surface area contributed by atoms with Crippen LogP contribution in [0.3, 0.4) is 0 Å². The second kappa shape index (κ2) is 4.05. The lowest BCUT2D eigenvalue weighted by molar-refractivity contribution is 0.226. The molecule has 1 unspecified atom stereocenters. The summed E-state index contributed by atoms with van der Waals surface area (Å²) >= 11 is 5.72. The van der Waals surface area contributed by atoms with Gasteiger partial charge in [0.1, 0.15) is 6.10 Å². The Morgan fingerprint density at radius 3 is 2.53 bits per heavy atom. The topological polar surface area (TPSA) is 20.2 Å². The van der Waals surface area contributed by atoms with Crippen LogP contribution in [0.5, 0.6) is 0 Å². The first-order valence-electron chi connectivity index (χ1n) is 4.70. The van der Waals surface area contributed by atoms with Gasteiger partial charge in [-0.25, -0.2) is 0 Å². The highest BCUT2D eigenvalue weighted by atomic mass is 35.5. The van der Waals surface area contributed by atoms with Crippen LogP contribution in [0.4, 0.5) is 0 Å². The van der Waals surface area contributed by atoms with Crippen LogP contribution in [0.25, 0.3) is 10.8 Å². The Labute approximate surface area is 93.6 Å². The van der Waals surface area contributed by atoms with E-state index < -0.39 is 6.10 Å². The monoisotopic (exact) mass is 218 g/mol.